The van der Waals surface area contributed by atoms with Crippen molar-refractivity contribution >= 4 is 109 Å². The smallest absolute Gasteiger partial charge is 0.290 e. The molecule has 6 aliphatic rings. The number of likely N-dealkylation sites (N-methyl/N-ethyl adjacent to an activating group) is 2. The number of allylic oxidation sites excluding steroid dienone is 8. The number of hydrogen-bond acceptors (Lipinski definition) is 16. The van der Waals surface area contributed by atoms with Crippen LogP contribution in [0.3, 0.4) is 0 Å². The van der Waals surface area contributed by atoms with Gasteiger partial charge in [0.2, 0.25) is 11.4 Å². The topological polar surface area (TPSA) is 317 Å². The number of fused-ring (bicyclic) bond motifs is 10. The van der Waals surface area contributed by atoms with Crippen LogP contribution in [0.25, 0.3) is 21.5 Å². The first kappa shape index (κ1) is 74.9. The van der Waals surface area contributed by atoms with Crippen molar-refractivity contribution in [1.82, 2.24) is 0 Å². The van der Waals surface area contributed by atoms with E-state index in [-0.39, 0.29) is 11.4 Å². The van der Waals surface area contributed by atoms with Gasteiger partial charge in [0.15, 0.2) is 11.4 Å². The van der Waals surface area contributed by atoms with Crippen LogP contribution in [0.4, 0.5) is 34.1 Å². The highest BCUT2D eigenvalue weighted by Gasteiger charge is 2.57. The normalized spacial score (nSPS) is 20.5. The minimum absolute atomic E-state index is 0.154. The molecule has 2 atom stereocenters. The Bertz CT molecular complexity index is 4720. The van der Waals surface area contributed by atoms with E-state index in [9.17, 15) is 20.2 Å². The fraction of sp³-hybridized carbons (Fsp3) is 0.308. The van der Waals surface area contributed by atoms with E-state index in [1.54, 1.807) is 12.1 Å². The van der Waals surface area contributed by atoms with E-state index >= 15 is 8.42 Å². The third kappa shape index (κ3) is 14.8. The second kappa shape index (κ2) is 28.9. The van der Waals surface area contributed by atoms with Gasteiger partial charge in [-0.2, -0.15) is 9.15 Å². The summed E-state index contributed by atoms with van der Waals surface area (Å²) in [5, 5.41) is 30.7. The van der Waals surface area contributed by atoms with Crippen LogP contribution in [0.15, 0.2) is 202 Å². The first-order chi connectivity index (χ1) is 48.6. The van der Waals surface area contributed by atoms with Crippen LogP contribution in [0, 0.1) is 54.6 Å². The van der Waals surface area contributed by atoms with E-state index < -0.39 is 73.6 Å². The number of sulfone groups is 1. The summed E-state index contributed by atoms with van der Waals surface area (Å²) in [5.74, 6) is -1.02. The van der Waals surface area contributed by atoms with Crippen molar-refractivity contribution < 1.29 is 85.2 Å². The van der Waals surface area contributed by atoms with Crippen LogP contribution in [0.2, 0.25) is 0 Å². The van der Waals surface area contributed by atoms with Crippen molar-refractivity contribution in [2.75, 3.05) is 35.6 Å². The Kier molecular flexibility index (Phi) is 21.0. The zero-order chi connectivity index (χ0) is 73.9. The SMILES string of the molecule is Cc1ccc(CC2(C)C(=CC=CC3=[N+](CS(=O)(=O)C[N+]4=C(C=CC=C5N(C)c6ccc7ccccc7c6C5(C)Cc5ccc(C)cc5)C5(CCCCC5)c5cc(Br)c([N+](=O)[O-])cc54)c4cc([N+](=O)[O-])c(Br)cc4C34CCCCC4)N(C)c3ccc4ccccc4c32)cc1.[O-][Cl+3]([O-])([O-])[O-].[O-][Cl+3]([O-])([O-])[O-]. The molecule has 103 heavy (non-hydrogen) atoms. The second-order valence-electron chi connectivity index (χ2n) is 28.1. The molecule has 2 unspecified atom stereocenters. The minimum Gasteiger partial charge on any atom is -0.347 e. The molecule has 536 valence electrons. The van der Waals surface area contributed by atoms with Gasteiger partial charge in [0.1, 0.15) is 0 Å². The van der Waals surface area contributed by atoms with Gasteiger partial charge in [-0.15, -0.1) is 20.5 Å². The molecular weight excluding hydrogens is 1510 g/mol. The van der Waals surface area contributed by atoms with Gasteiger partial charge in [0, 0.05) is 71.0 Å². The summed E-state index contributed by atoms with van der Waals surface area (Å²) in [6.07, 6.45) is 22.6. The molecule has 2 spiro atoms. The summed E-state index contributed by atoms with van der Waals surface area (Å²) in [5.41, 5.74) is 13.4. The van der Waals surface area contributed by atoms with Crippen LogP contribution in [-0.4, -0.2) is 64.7 Å². The number of benzene rings is 8. The maximum absolute atomic E-state index is 16.2. The molecule has 2 fully saturated rings. The number of hydrogen-bond donors (Lipinski definition) is 0. The van der Waals surface area contributed by atoms with Crippen LogP contribution < -0.4 is 47.1 Å². The molecule has 4 heterocycles. The molecule has 0 saturated heterocycles. The molecule has 0 amide bonds. The lowest BCUT2D eigenvalue weighted by atomic mass is 9.67. The Morgan fingerprint density at radius 2 is 0.845 bits per heavy atom. The predicted molar refractivity (Wildman–Crippen MR) is 383 cm³/mol. The fourth-order valence-electron chi connectivity index (χ4n) is 17.4. The first-order valence-corrected chi connectivity index (χ1v) is 39.6. The van der Waals surface area contributed by atoms with Crippen LogP contribution >= 0.6 is 31.9 Å². The predicted octanol–water partition coefficient (Wildman–Crippen LogP) is 9.25. The van der Waals surface area contributed by atoms with Gasteiger partial charge in [0.05, 0.1) is 41.8 Å². The molecule has 0 N–H and O–H groups in total. The molecule has 14 rings (SSSR count). The minimum atomic E-state index is -4.94. The van der Waals surface area contributed by atoms with Gasteiger partial charge in [-0.05, 0) is 178 Å². The summed E-state index contributed by atoms with van der Waals surface area (Å²) >= 11 is 7.22. The lowest BCUT2D eigenvalue weighted by molar-refractivity contribution is -2.00. The van der Waals surface area contributed by atoms with Crippen LogP contribution in [0.1, 0.15) is 123 Å². The van der Waals surface area contributed by atoms with Crippen LogP contribution in [0.5, 0.6) is 0 Å². The van der Waals surface area contributed by atoms with Crippen molar-refractivity contribution in [3.05, 3.63) is 267 Å². The number of rotatable bonds is 14. The standard InChI is InChI=1S/C78H76Br2N6O6S.2ClHO4/c1-51-27-31-53(32-28-51)47-75(3)69(81(5)63-37-35-55-19-9-11-21-57(55)73(63)75)23-17-25-71-77(39-13-7-14-40-77)59-43-61(79)67(85(87)88)45-65(59)83(71)49-93(91,92)50-84-66-46-68(86(89)90)62(80)44-60(66)78(41-15-8-16-42-78)72(84)26-18-24-70-76(4,48-54-33-29-52(2)30-34-54)74-58-22-12-10-20-56(58)36-38-64(74)82(70)6;2*2-1(3,4)5/h9-12,17-38,43-46H,7-8,13-16,39-42,47-50H2,1-6H3;2*(H,2,3,4,5)/q+2;;/p-2. The van der Waals surface area contributed by atoms with E-state index in [0.29, 0.717) is 20.3 Å². The van der Waals surface area contributed by atoms with E-state index in [2.05, 4.69) is 241 Å². The quantitative estimate of drug-likeness (QED) is 0.0556. The molecule has 8 aromatic carbocycles. The average molecular weight is 1580 g/mol. The third-order valence-electron chi connectivity index (χ3n) is 21.6. The van der Waals surface area contributed by atoms with Gasteiger partial charge < -0.3 is 9.80 Å². The molecule has 2 saturated carbocycles. The highest BCUT2D eigenvalue weighted by Crippen LogP contribution is 2.57. The van der Waals surface area contributed by atoms with Gasteiger partial charge in [-0.25, -0.2) is 45.7 Å². The number of anilines is 2. The summed E-state index contributed by atoms with van der Waals surface area (Å²) in [4.78, 5) is 29.7. The van der Waals surface area contributed by atoms with E-state index in [1.807, 2.05) is 21.3 Å². The number of halogens is 4. The first-order valence-electron chi connectivity index (χ1n) is 33.8. The van der Waals surface area contributed by atoms with Crippen molar-refractivity contribution in [2.45, 2.75) is 126 Å². The summed E-state index contributed by atoms with van der Waals surface area (Å²) in [6.45, 7) is 8.87. The molecule has 0 bridgehead atoms. The molecular formula is C78H76Br2Cl2N6O14S. The van der Waals surface area contributed by atoms with E-state index in [0.717, 1.165) is 133 Å². The number of nitro benzene ring substituents is 2. The maximum Gasteiger partial charge on any atom is 0.290 e. The molecule has 0 aromatic heterocycles. The zero-order valence-electron chi connectivity index (χ0n) is 57.5. The Balaban J connectivity index is 0.000000937. The van der Waals surface area contributed by atoms with Gasteiger partial charge in [-0.1, -0.05) is 171 Å². The van der Waals surface area contributed by atoms with Crippen molar-refractivity contribution in [3.63, 3.8) is 0 Å². The summed E-state index contributed by atoms with van der Waals surface area (Å²) in [7, 11) is -9.93. The Labute approximate surface area is 618 Å². The van der Waals surface area contributed by atoms with Gasteiger partial charge in [-0.3, -0.25) is 20.2 Å². The highest BCUT2D eigenvalue weighted by molar-refractivity contribution is 9.11. The molecule has 8 aromatic rings. The monoisotopic (exact) mass is 1580 g/mol. The van der Waals surface area contributed by atoms with Gasteiger partial charge in [0.25, 0.3) is 33.0 Å². The molecule has 20 nitrogen and oxygen atoms in total. The van der Waals surface area contributed by atoms with E-state index in [4.69, 9.17) is 37.3 Å². The van der Waals surface area contributed by atoms with Crippen LogP contribution in [-0.2, 0) is 44.3 Å². The summed E-state index contributed by atoms with van der Waals surface area (Å²) < 4.78 is 105. The Morgan fingerprint density at radius 3 is 1.18 bits per heavy atom. The van der Waals surface area contributed by atoms with Crippen molar-refractivity contribution in [3.8, 4) is 0 Å². The summed E-state index contributed by atoms with van der Waals surface area (Å²) in [6, 6.07) is 50.3. The zero-order valence-corrected chi connectivity index (χ0v) is 63.0. The Morgan fingerprint density at radius 1 is 0.505 bits per heavy atom. The van der Waals surface area contributed by atoms with Gasteiger partial charge >= 0.3 is 0 Å². The lowest BCUT2D eigenvalue weighted by Gasteiger charge is -2.31. The molecule has 25 heteroatoms. The number of nitro groups is 2. The second-order valence-corrected chi connectivity index (χ2v) is 33.3. The maximum atomic E-state index is 16.2. The molecule has 4 aliphatic heterocycles. The number of aryl methyl sites for hydroxylation is 2. The Hall–Kier alpha value is -7.85. The lowest BCUT2D eigenvalue weighted by Crippen LogP contribution is -2.68. The van der Waals surface area contributed by atoms with E-state index in [1.165, 1.54) is 44.2 Å². The van der Waals surface area contributed by atoms with Crippen molar-refractivity contribution in [1.29, 1.82) is 0 Å². The largest absolute Gasteiger partial charge is 0.347 e. The van der Waals surface area contributed by atoms with Crippen molar-refractivity contribution in [2.24, 2.45) is 0 Å². The highest BCUT2D eigenvalue weighted by atomic mass is 79.9. The molecule has 0 radical (unpaired) electrons. The average Bonchev–Trinajstić information content (AvgIpc) is 1.59. The number of nitrogens with zero attached hydrogens (tertiary/aromatic N) is 6. The molecule has 2 aliphatic carbocycles. The third-order valence-corrected chi connectivity index (χ3v) is 24.2. The fourth-order valence-corrected chi connectivity index (χ4v) is 19.8.